The van der Waals surface area contributed by atoms with E-state index in [1.54, 1.807) is 31.2 Å². The summed E-state index contributed by atoms with van der Waals surface area (Å²) < 4.78 is 39.5. The fraction of sp³-hybridized carbons (Fsp3) is 0.391. The van der Waals surface area contributed by atoms with E-state index < -0.39 is 34.3 Å². The lowest BCUT2D eigenvalue weighted by atomic mass is 10.1. The molecule has 0 bridgehead atoms. The minimum absolute atomic E-state index is 0.0250. The second kappa shape index (κ2) is 11.5. The summed E-state index contributed by atoms with van der Waals surface area (Å²) in [7, 11) is -3.91. The highest BCUT2D eigenvalue weighted by molar-refractivity contribution is 7.92. The predicted octanol–water partition coefficient (Wildman–Crippen LogP) is 3.58. The van der Waals surface area contributed by atoms with Crippen molar-refractivity contribution in [2.45, 2.75) is 45.8 Å². The Morgan fingerprint density at radius 1 is 1.12 bits per heavy atom. The topological polar surface area (TPSA) is 86.8 Å². The van der Waals surface area contributed by atoms with Crippen LogP contribution in [0.2, 0.25) is 5.02 Å². The summed E-state index contributed by atoms with van der Waals surface area (Å²) >= 11 is 5.96. The van der Waals surface area contributed by atoms with Crippen molar-refractivity contribution in [1.82, 2.24) is 10.2 Å². The van der Waals surface area contributed by atoms with Gasteiger partial charge in [0, 0.05) is 17.6 Å². The van der Waals surface area contributed by atoms with Gasteiger partial charge in [-0.15, -0.1) is 0 Å². The van der Waals surface area contributed by atoms with E-state index in [-0.39, 0.29) is 24.2 Å². The first kappa shape index (κ1) is 26.6. The van der Waals surface area contributed by atoms with Crippen molar-refractivity contribution >= 4 is 39.1 Å². The second-order valence-electron chi connectivity index (χ2n) is 7.98. The summed E-state index contributed by atoms with van der Waals surface area (Å²) in [5, 5.41) is 3.34. The number of anilines is 1. The van der Waals surface area contributed by atoms with E-state index in [1.807, 2.05) is 13.8 Å². The van der Waals surface area contributed by atoms with Gasteiger partial charge in [-0.25, -0.2) is 12.8 Å². The zero-order valence-corrected chi connectivity index (χ0v) is 20.7. The monoisotopic (exact) mass is 497 g/mol. The molecular weight excluding hydrogens is 469 g/mol. The number of rotatable bonds is 10. The van der Waals surface area contributed by atoms with Crippen LogP contribution in [0.5, 0.6) is 0 Å². The molecule has 0 spiro atoms. The Kier molecular flexibility index (Phi) is 9.25. The van der Waals surface area contributed by atoms with E-state index in [1.165, 1.54) is 23.1 Å². The fourth-order valence-corrected chi connectivity index (χ4v) is 4.30. The molecule has 0 saturated heterocycles. The molecule has 0 radical (unpaired) electrons. The number of hydrogen-bond donors (Lipinski definition) is 1. The summed E-state index contributed by atoms with van der Waals surface area (Å²) in [4.78, 5) is 27.7. The Morgan fingerprint density at radius 3 is 2.27 bits per heavy atom. The maximum absolute atomic E-state index is 13.8. The third-order valence-electron chi connectivity index (χ3n) is 4.86. The molecule has 0 aromatic heterocycles. The molecule has 180 valence electrons. The van der Waals surface area contributed by atoms with Crippen LogP contribution in [0.3, 0.4) is 0 Å². The van der Waals surface area contributed by atoms with Crippen LogP contribution in [0.25, 0.3) is 0 Å². The molecular formula is C23H29ClFN3O4S. The third kappa shape index (κ3) is 7.71. The van der Waals surface area contributed by atoms with Crippen molar-refractivity contribution in [1.29, 1.82) is 0 Å². The quantitative estimate of drug-likeness (QED) is 0.543. The predicted molar refractivity (Wildman–Crippen MR) is 128 cm³/mol. The molecule has 1 atom stereocenters. The van der Waals surface area contributed by atoms with Crippen molar-refractivity contribution in [2.75, 3.05) is 17.1 Å². The largest absolute Gasteiger partial charge is 0.352 e. The number of nitrogens with zero attached hydrogens (tertiary/aromatic N) is 2. The van der Waals surface area contributed by atoms with Crippen LogP contribution in [-0.4, -0.2) is 50.0 Å². The summed E-state index contributed by atoms with van der Waals surface area (Å²) in [5.74, 6) is -1.56. The van der Waals surface area contributed by atoms with Gasteiger partial charge in [0.05, 0.1) is 11.9 Å². The van der Waals surface area contributed by atoms with Gasteiger partial charge in [-0.05, 0) is 56.2 Å². The Bertz CT molecular complexity index is 1080. The normalized spacial score (nSPS) is 12.3. The number of carbonyl (C=O) groups excluding carboxylic acids is 2. The lowest BCUT2D eigenvalue weighted by molar-refractivity contribution is -0.140. The van der Waals surface area contributed by atoms with Crippen molar-refractivity contribution in [2.24, 2.45) is 0 Å². The molecule has 33 heavy (non-hydrogen) atoms. The molecule has 2 amide bonds. The number of halogens is 2. The Hall–Kier alpha value is -2.65. The number of hydrogen-bond acceptors (Lipinski definition) is 4. The molecule has 0 aliphatic heterocycles. The van der Waals surface area contributed by atoms with Crippen LogP contribution >= 0.6 is 11.6 Å². The van der Waals surface area contributed by atoms with Crippen LogP contribution in [0, 0.1) is 5.82 Å². The van der Waals surface area contributed by atoms with Crippen molar-refractivity contribution in [3.63, 3.8) is 0 Å². The second-order valence-corrected chi connectivity index (χ2v) is 10.3. The first-order valence-electron chi connectivity index (χ1n) is 10.5. The maximum atomic E-state index is 13.8. The van der Waals surface area contributed by atoms with Gasteiger partial charge in [-0.3, -0.25) is 13.9 Å². The number of benzene rings is 2. The molecule has 0 aliphatic carbocycles. The Balaban J connectivity index is 2.43. The maximum Gasteiger partial charge on any atom is 0.244 e. The summed E-state index contributed by atoms with van der Waals surface area (Å²) in [5.41, 5.74) is 0.747. The molecule has 0 fully saturated rings. The van der Waals surface area contributed by atoms with Gasteiger partial charge >= 0.3 is 0 Å². The summed E-state index contributed by atoms with van der Waals surface area (Å²) in [6.07, 6.45) is 1.26. The first-order valence-corrected chi connectivity index (χ1v) is 12.7. The standard InChI is InChI=1S/C23H29ClFN3O4S/c1-5-21(23(30)26-16(2)3)27(14-17-9-11-18(24)12-10-17)22(29)15-28(33(4,31)32)20-8-6-7-19(25)13-20/h6-13,16,21H,5,14-15H2,1-4H3,(H,26,30)/t21-/m1/s1. The van der Waals surface area contributed by atoms with E-state index in [0.717, 1.165) is 22.2 Å². The van der Waals surface area contributed by atoms with Crippen LogP contribution in [-0.2, 0) is 26.2 Å². The van der Waals surface area contributed by atoms with Crippen molar-refractivity contribution in [3.8, 4) is 0 Å². The zero-order valence-electron chi connectivity index (χ0n) is 19.1. The lowest BCUT2D eigenvalue weighted by Crippen LogP contribution is -2.53. The van der Waals surface area contributed by atoms with Crippen LogP contribution in [0.1, 0.15) is 32.8 Å². The molecule has 0 saturated carbocycles. The van der Waals surface area contributed by atoms with Crippen LogP contribution in [0.15, 0.2) is 48.5 Å². The van der Waals surface area contributed by atoms with Gasteiger partial charge < -0.3 is 10.2 Å². The molecule has 2 aromatic carbocycles. The highest BCUT2D eigenvalue weighted by Crippen LogP contribution is 2.21. The SMILES string of the molecule is CC[C@H](C(=O)NC(C)C)N(Cc1ccc(Cl)cc1)C(=O)CN(c1cccc(F)c1)S(C)(=O)=O. The number of carbonyl (C=O) groups is 2. The molecule has 2 aromatic rings. The lowest BCUT2D eigenvalue weighted by Gasteiger charge is -2.33. The summed E-state index contributed by atoms with van der Waals surface area (Å²) in [6.45, 7) is 4.88. The van der Waals surface area contributed by atoms with Gasteiger partial charge in [0.25, 0.3) is 0 Å². The highest BCUT2D eigenvalue weighted by atomic mass is 35.5. The van der Waals surface area contributed by atoms with Gasteiger partial charge in [0.2, 0.25) is 21.8 Å². The van der Waals surface area contributed by atoms with Gasteiger partial charge in [0.1, 0.15) is 18.4 Å². The highest BCUT2D eigenvalue weighted by Gasteiger charge is 2.32. The average Bonchev–Trinajstić information content (AvgIpc) is 2.71. The van der Waals surface area contributed by atoms with E-state index in [0.29, 0.717) is 11.4 Å². The van der Waals surface area contributed by atoms with E-state index in [4.69, 9.17) is 11.6 Å². The first-order chi connectivity index (χ1) is 15.4. The smallest absolute Gasteiger partial charge is 0.244 e. The average molecular weight is 498 g/mol. The van der Waals surface area contributed by atoms with Crippen LogP contribution in [0.4, 0.5) is 10.1 Å². The van der Waals surface area contributed by atoms with Crippen molar-refractivity contribution < 1.29 is 22.4 Å². The minimum atomic E-state index is -3.91. The van der Waals surface area contributed by atoms with E-state index in [9.17, 15) is 22.4 Å². The number of amides is 2. The molecule has 0 heterocycles. The Labute approximate surface area is 199 Å². The molecule has 2 rings (SSSR count). The van der Waals surface area contributed by atoms with E-state index >= 15 is 0 Å². The molecule has 1 N–H and O–H groups in total. The molecule has 0 aliphatic rings. The van der Waals surface area contributed by atoms with Gasteiger partial charge in [0.15, 0.2) is 0 Å². The number of sulfonamides is 1. The summed E-state index contributed by atoms with van der Waals surface area (Å²) in [6, 6.07) is 10.8. The fourth-order valence-electron chi connectivity index (χ4n) is 3.33. The molecule has 7 nitrogen and oxygen atoms in total. The van der Waals surface area contributed by atoms with E-state index in [2.05, 4.69) is 5.32 Å². The van der Waals surface area contributed by atoms with Crippen LogP contribution < -0.4 is 9.62 Å². The zero-order chi connectivity index (χ0) is 24.8. The van der Waals surface area contributed by atoms with Crippen molar-refractivity contribution in [3.05, 3.63) is 64.9 Å². The number of nitrogens with one attached hydrogen (secondary N) is 1. The molecule has 10 heteroatoms. The van der Waals surface area contributed by atoms with Gasteiger partial charge in [-0.1, -0.05) is 36.7 Å². The van der Waals surface area contributed by atoms with Gasteiger partial charge in [-0.2, -0.15) is 0 Å². The molecule has 0 unspecified atom stereocenters. The minimum Gasteiger partial charge on any atom is -0.352 e. The Morgan fingerprint density at radius 2 is 1.76 bits per heavy atom. The third-order valence-corrected chi connectivity index (χ3v) is 6.25.